The molecule has 0 atom stereocenters. The summed E-state index contributed by atoms with van der Waals surface area (Å²) in [6, 6.07) is 70.6. The molecule has 0 spiro atoms. The molecule has 12 aromatic rings. The first-order valence-electron chi connectivity index (χ1n) is 19.9. The van der Waals surface area contributed by atoms with E-state index in [0.717, 1.165) is 71.7 Å². The predicted octanol–water partition coefficient (Wildman–Crippen LogP) is 14.7. The van der Waals surface area contributed by atoms with Crippen molar-refractivity contribution in [2.75, 3.05) is 0 Å². The third kappa shape index (κ3) is 5.65. The van der Waals surface area contributed by atoms with Crippen LogP contribution >= 0.6 is 0 Å². The second-order valence-electron chi connectivity index (χ2n) is 15.2. The van der Waals surface area contributed by atoms with Gasteiger partial charge >= 0.3 is 0 Å². The van der Waals surface area contributed by atoms with Crippen LogP contribution in [0, 0.1) is 0 Å². The van der Waals surface area contributed by atoms with Crippen LogP contribution in [0.5, 0.6) is 0 Å². The maximum atomic E-state index is 6.67. The number of furan rings is 1. The van der Waals surface area contributed by atoms with Crippen LogP contribution in [0.25, 0.3) is 121 Å². The van der Waals surface area contributed by atoms with E-state index in [2.05, 4.69) is 188 Å². The Balaban J connectivity index is 1.09. The summed E-state index contributed by atoms with van der Waals surface area (Å²) < 4.78 is 6.67. The molecule has 0 N–H and O–H groups in total. The average molecular weight is 752 g/mol. The Morgan fingerprint density at radius 2 is 0.797 bits per heavy atom. The van der Waals surface area contributed by atoms with Crippen molar-refractivity contribution in [1.29, 1.82) is 0 Å². The van der Waals surface area contributed by atoms with E-state index in [0.29, 0.717) is 17.5 Å². The quantitative estimate of drug-likeness (QED) is 0.164. The Labute approximate surface area is 339 Å². The first-order valence-corrected chi connectivity index (χ1v) is 19.9. The zero-order chi connectivity index (χ0) is 38.9. The van der Waals surface area contributed by atoms with Gasteiger partial charge in [0.1, 0.15) is 11.2 Å². The fourth-order valence-electron chi connectivity index (χ4n) is 8.74. The van der Waals surface area contributed by atoms with Crippen LogP contribution in [0.4, 0.5) is 0 Å². The van der Waals surface area contributed by atoms with Crippen molar-refractivity contribution in [3.8, 4) is 56.4 Å². The molecule has 0 aliphatic carbocycles. The van der Waals surface area contributed by atoms with E-state index in [9.17, 15) is 0 Å². The number of benzene rings is 10. The predicted molar refractivity (Wildman–Crippen MR) is 244 cm³/mol. The van der Waals surface area contributed by atoms with Gasteiger partial charge in [-0.3, -0.25) is 0 Å². The maximum Gasteiger partial charge on any atom is 0.164 e. The van der Waals surface area contributed by atoms with Crippen LogP contribution in [0.3, 0.4) is 0 Å². The smallest absolute Gasteiger partial charge is 0.164 e. The summed E-state index contributed by atoms with van der Waals surface area (Å²) >= 11 is 0. The summed E-state index contributed by atoms with van der Waals surface area (Å²) in [5.74, 6) is 1.79. The number of para-hydroxylation sites is 1. The summed E-state index contributed by atoms with van der Waals surface area (Å²) in [6.07, 6.45) is 0. The maximum absolute atomic E-state index is 6.67. The van der Waals surface area contributed by atoms with E-state index < -0.39 is 0 Å². The Morgan fingerprint density at radius 3 is 1.54 bits per heavy atom. The summed E-state index contributed by atoms with van der Waals surface area (Å²) in [5, 5.41) is 11.5. The van der Waals surface area contributed by atoms with Gasteiger partial charge in [0.05, 0.1) is 0 Å². The van der Waals surface area contributed by atoms with Crippen molar-refractivity contribution >= 4 is 65.0 Å². The molecular weight excluding hydrogens is 719 g/mol. The zero-order valence-corrected chi connectivity index (χ0v) is 31.8. The minimum atomic E-state index is 0.584. The third-order valence-electron chi connectivity index (χ3n) is 11.7. The molecule has 10 aromatic carbocycles. The Kier molecular flexibility index (Phi) is 7.50. The van der Waals surface area contributed by atoms with Crippen LogP contribution in [0.2, 0.25) is 0 Å². The largest absolute Gasteiger partial charge is 0.456 e. The molecule has 0 bridgehead atoms. The van der Waals surface area contributed by atoms with Crippen LogP contribution in [0.1, 0.15) is 0 Å². The van der Waals surface area contributed by atoms with Crippen molar-refractivity contribution in [2.45, 2.75) is 0 Å². The zero-order valence-electron chi connectivity index (χ0n) is 31.8. The topological polar surface area (TPSA) is 51.8 Å². The molecule has 0 aliphatic heterocycles. The second-order valence-corrected chi connectivity index (χ2v) is 15.2. The number of nitrogens with zero attached hydrogens (tertiary/aromatic N) is 3. The minimum absolute atomic E-state index is 0.584. The van der Waals surface area contributed by atoms with E-state index >= 15 is 0 Å². The molecule has 2 heterocycles. The molecular formula is C55H33N3O. The number of hydrogen-bond donors (Lipinski definition) is 0. The normalized spacial score (nSPS) is 11.7. The van der Waals surface area contributed by atoms with E-state index in [1.165, 1.54) is 32.3 Å². The number of fused-ring (bicyclic) bond motifs is 8. The van der Waals surface area contributed by atoms with Gasteiger partial charge in [-0.2, -0.15) is 0 Å². The molecule has 0 fully saturated rings. The lowest BCUT2D eigenvalue weighted by atomic mass is 9.91. The molecule has 0 saturated heterocycles. The molecule has 0 amide bonds. The molecule has 2 aromatic heterocycles. The highest BCUT2D eigenvalue weighted by Crippen LogP contribution is 2.43. The average Bonchev–Trinajstić information content (AvgIpc) is 3.69. The van der Waals surface area contributed by atoms with E-state index in [-0.39, 0.29) is 0 Å². The molecule has 4 nitrogen and oxygen atoms in total. The van der Waals surface area contributed by atoms with E-state index in [1.807, 2.05) is 12.1 Å². The van der Waals surface area contributed by atoms with Crippen molar-refractivity contribution in [1.82, 2.24) is 15.0 Å². The monoisotopic (exact) mass is 751 g/mol. The summed E-state index contributed by atoms with van der Waals surface area (Å²) in [4.78, 5) is 15.8. The first-order chi connectivity index (χ1) is 29.2. The highest BCUT2D eigenvalue weighted by atomic mass is 16.3. The van der Waals surface area contributed by atoms with Crippen molar-refractivity contribution in [3.05, 3.63) is 200 Å². The van der Waals surface area contributed by atoms with Gasteiger partial charge in [0.15, 0.2) is 17.5 Å². The Morgan fingerprint density at radius 1 is 0.271 bits per heavy atom. The summed E-state index contributed by atoms with van der Waals surface area (Å²) in [5.41, 5.74) is 8.76. The van der Waals surface area contributed by atoms with Gasteiger partial charge < -0.3 is 4.42 Å². The second kappa shape index (κ2) is 13.3. The Bertz CT molecular complexity index is 3620. The Hall–Kier alpha value is -7.95. The molecule has 0 radical (unpaired) electrons. The van der Waals surface area contributed by atoms with E-state index in [1.54, 1.807) is 0 Å². The van der Waals surface area contributed by atoms with Gasteiger partial charge in [-0.15, -0.1) is 0 Å². The number of rotatable bonds is 5. The fraction of sp³-hybridized carbons (Fsp3) is 0. The van der Waals surface area contributed by atoms with Gasteiger partial charge in [0.25, 0.3) is 0 Å². The number of aromatic nitrogens is 3. The molecule has 0 unspecified atom stereocenters. The van der Waals surface area contributed by atoms with Crippen molar-refractivity contribution < 1.29 is 4.42 Å². The lowest BCUT2D eigenvalue weighted by molar-refractivity contribution is 0.669. The highest BCUT2D eigenvalue weighted by Gasteiger charge is 2.21. The standard InChI is InChI=1S/C55H33N3O/c1-3-13-38-29-40(27-23-34(38)11-1)36-21-25-37(26-22-36)53-56-54(42-28-24-35-12-2-4-14-39(35)30-42)58-55(57-53)49-32-43(33-51-52(49)47-19-9-10-20-50(47)59-51)48-31-41-15-5-6-16-44(41)45-17-7-8-18-46(45)48/h1-33H. The third-order valence-corrected chi connectivity index (χ3v) is 11.7. The van der Waals surface area contributed by atoms with Gasteiger partial charge in [-0.05, 0) is 102 Å². The highest BCUT2D eigenvalue weighted by molar-refractivity contribution is 6.17. The molecule has 59 heavy (non-hydrogen) atoms. The van der Waals surface area contributed by atoms with Crippen LogP contribution < -0.4 is 0 Å². The molecule has 12 rings (SSSR count). The molecule has 0 aliphatic rings. The van der Waals surface area contributed by atoms with Crippen molar-refractivity contribution in [2.24, 2.45) is 0 Å². The van der Waals surface area contributed by atoms with Crippen LogP contribution in [0.15, 0.2) is 205 Å². The van der Waals surface area contributed by atoms with Gasteiger partial charge in [0.2, 0.25) is 0 Å². The lowest BCUT2D eigenvalue weighted by Crippen LogP contribution is -2.01. The minimum Gasteiger partial charge on any atom is -0.456 e. The number of hydrogen-bond acceptors (Lipinski definition) is 4. The van der Waals surface area contributed by atoms with Crippen molar-refractivity contribution in [3.63, 3.8) is 0 Å². The SMILES string of the molecule is c1ccc2cc(-c3ccc(-c4nc(-c5ccc6ccccc6c5)nc(-c5cc(-c6cc7ccccc7c7ccccc67)cc6oc7ccccc7c56)n4)cc3)ccc2c1. The van der Waals surface area contributed by atoms with Crippen LogP contribution in [-0.2, 0) is 0 Å². The molecule has 274 valence electrons. The first kappa shape index (κ1) is 33.2. The molecule has 0 saturated carbocycles. The lowest BCUT2D eigenvalue weighted by Gasteiger charge is -2.14. The van der Waals surface area contributed by atoms with Gasteiger partial charge in [-0.25, -0.2) is 15.0 Å². The fourth-order valence-corrected chi connectivity index (χ4v) is 8.74. The van der Waals surface area contributed by atoms with Gasteiger partial charge in [0, 0.05) is 27.5 Å². The van der Waals surface area contributed by atoms with E-state index in [4.69, 9.17) is 19.4 Å². The van der Waals surface area contributed by atoms with Gasteiger partial charge in [-0.1, -0.05) is 164 Å². The summed E-state index contributed by atoms with van der Waals surface area (Å²) in [6.45, 7) is 0. The molecule has 4 heteroatoms. The summed E-state index contributed by atoms with van der Waals surface area (Å²) in [7, 11) is 0. The van der Waals surface area contributed by atoms with Crippen LogP contribution in [-0.4, -0.2) is 15.0 Å².